The van der Waals surface area contributed by atoms with E-state index in [1.54, 1.807) is 0 Å². The summed E-state index contributed by atoms with van der Waals surface area (Å²) in [7, 11) is -1.38. The second-order valence-electron chi connectivity index (χ2n) is 6.04. The zero-order valence-electron chi connectivity index (χ0n) is 11.9. The van der Waals surface area contributed by atoms with Crippen LogP contribution in [0.5, 0.6) is 0 Å². The van der Waals surface area contributed by atoms with E-state index in [1.807, 2.05) is 11.7 Å². The Bertz CT molecular complexity index is 610. The van der Waals surface area contributed by atoms with Crippen LogP contribution >= 0.6 is 0 Å². The minimum atomic E-state index is -3.38. The molecule has 3 atom stereocenters. The van der Waals surface area contributed by atoms with Crippen molar-refractivity contribution in [2.75, 3.05) is 7.05 Å². The third-order valence-electron chi connectivity index (χ3n) is 4.60. The van der Waals surface area contributed by atoms with E-state index in [0.717, 1.165) is 5.69 Å². The highest BCUT2D eigenvalue weighted by Crippen LogP contribution is 2.32. The number of sulfone groups is 1. The van der Waals surface area contributed by atoms with E-state index < -0.39 is 21.2 Å². The summed E-state index contributed by atoms with van der Waals surface area (Å²) in [5.74, 6) is 0. The van der Waals surface area contributed by atoms with E-state index in [4.69, 9.17) is 0 Å². The monoisotopic (exact) mass is 299 g/mol. The van der Waals surface area contributed by atoms with Crippen LogP contribution in [-0.4, -0.2) is 52.6 Å². The largest absolute Gasteiger partial charge is 0.393 e. The lowest BCUT2D eigenvalue weighted by molar-refractivity contribution is 0.180. The molecular weight excluding hydrogens is 278 g/mol. The third kappa shape index (κ3) is 2.17. The second kappa shape index (κ2) is 4.82. The fraction of sp³-hybridized carbons (Fsp3) is 0.769. The van der Waals surface area contributed by atoms with Crippen LogP contribution in [0.15, 0.2) is 11.1 Å². The smallest absolute Gasteiger partial charge is 0.184 e. The zero-order chi connectivity index (χ0) is 14.5. The topological polar surface area (TPSA) is 75.4 Å². The summed E-state index contributed by atoms with van der Waals surface area (Å²) in [6.45, 7) is 3.42. The molecule has 1 aromatic rings. The molecule has 0 saturated heterocycles. The van der Waals surface area contributed by atoms with E-state index >= 15 is 0 Å². The Morgan fingerprint density at radius 3 is 2.80 bits per heavy atom. The predicted octanol–water partition coefficient (Wildman–Crippen LogP) is 0.404. The van der Waals surface area contributed by atoms with E-state index in [0.29, 0.717) is 43.3 Å². The van der Waals surface area contributed by atoms with Gasteiger partial charge in [0.25, 0.3) is 0 Å². The molecule has 0 aromatic carbocycles. The minimum Gasteiger partial charge on any atom is -0.393 e. The van der Waals surface area contributed by atoms with Gasteiger partial charge in [-0.1, -0.05) is 0 Å². The van der Waals surface area contributed by atoms with Crippen molar-refractivity contribution in [1.29, 1.82) is 0 Å². The van der Waals surface area contributed by atoms with Crippen LogP contribution in [0.2, 0.25) is 0 Å². The number of aliphatic hydroxyl groups excluding tert-OH is 1. The van der Waals surface area contributed by atoms with Crippen molar-refractivity contribution in [3.63, 3.8) is 0 Å². The SMILES string of the molecule is C[C@H]1Cn2ncc(S(=O)(=O)C3CCC(O)C3)c2CN1C. The number of nitrogens with zero attached hydrogens (tertiary/aromatic N) is 3. The van der Waals surface area contributed by atoms with Crippen molar-refractivity contribution < 1.29 is 13.5 Å². The first kappa shape index (κ1) is 14.0. The Balaban J connectivity index is 1.96. The van der Waals surface area contributed by atoms with Crippen LogP contribution < -0.4 is 0 Å². The molecule has 0 amide bonds. The van der Waals surface area contributed by atoms with Gasteiger partial charge in [-0.25, -0.2) is 8.42 Å². The highest BCUT2D eigenvalue weighted by Gasteiger charge is 2.38. The summed E-state index contributed by atoms with van der Waals surface area (Å²) in [4.78, 5) is 2.50. The van der Waals surface area contributed by atoms with Gasteiger partial charge in [-0.05, 0) is 33.2 Å². The summed E-state index contributed by atoms with van der Waals surface area (Å²) in [6.07, 6.45) is 2.47. The first-order chi connectivity index (χ1) is 9.39. The van der Waals surface area contributed by atoms with Crippen molar-refractivity contribution in [3.8, 4) is 0 Å². The normalized spacial score (nSPS) is 31.4. The van der Waals surface area contributed by atoms with E-state index in [-0.39, 0.29) is 0 Å². The predicted molar refractivity (Wildman–Crippen MR) is 74.0 cm³/mol. The molecule has 0 spiro atoms. The Morgan fingerprint density at radius 2 is 2.15 bits per heavy atom. The number of rotatable bonds is 2. The Kier molecular flexibility index (Phi) is 3.38. The summed E-state index contributed by atoms with van der Waals surface area (Å²) in [5, 5.41) is 13.4. The molecule has 2 unspecified atom stereocenters. The molecule has 1 fully saturated rings. The fourth-order valence-corrected chi connectivity index (χ4v) is 5.08. The van der Waals surface area contributed by atoms with Gasteiger partial charge in [0.1, 0.15) is 4.90 Å². The molecule has 1 aromatic heterocycles. The molecule has 7 heteroatoms. The summed E-state index contributed by atoms with van der Waals surface area (Å²) in [6, 6.07) is 0.353. The summed E-state index contributed by atoms with van der Waals surface area (Å²) >= 11 is 0. The fourth-order valence-electron chi connectivity index (χ4n) is 3.11. The van der Waals surface area contributed by atoms with E-state index in [2.05, 4.69) is 16.9 Å². The molecule has 20 heavy (non-hydrogen) atoms. The lowest BCUT2D eigenvalue weighted by Gasteiger charge is -2.31. The highest BCUT2D eigenvalue weighted by molar-refractivity contribution is 7.92. The maximum absolute atomic E-state index is 12.7. The molecule has 1 aliphatic heterocycles. The van der Waals surface area contributed by atoms with Crippen molar-refractivity contribution in [2.45, 2.75) is 61.6 Å². The average molecular weight is 299 g/mol. The van der Waals surface area contributed by atoms with Gasteiger partial charge < -0.3 is 5.11 Å². The molecule has 1 saturated carbocycles. The van der Waals surface area contributed by atoms with Crippen LogP contribution in [0.3, 0.4) is 0 Å². The van der Waals surface area contributed by atoms with E-state index in [9.17, 15) is 13.5 Å². The maximum atomic E-state index is 12.7. The molecule has 1 aliphatic carbocycles. The average Bonchev–Trinajstić information content (AvgIpc) is 2.97. The van der Waals surface area contributed by atoms with Gasteiger partial charge in [0.05, 0.1) is 29.8 Å². The molecule has 112 valence electrons. The van der Waals surface area contributed by atoms with Crippen LogP contribution in [-0.2, 0) is 22.9 Å². The van der Waals surface area contributed by atoms with Gasteiger partial charge >= 0.3 is 0 Å². The van der Waals surface area contributed by atoms with Crippen LogP contribution in [0.25, 0.3) is 0 Å². The number of hydrogen-bond acceptors (Lipinski definition) is 5. The molecule has 3 rings (SSSR count). The van der Waals surface area contributed by atoms with E-state index in [1.165, 1.54) is 6.20 Å². The van der Waals surface area contributed by atoms with Gasteiger partial charge in [-0.15, -0.1) is 0 Å². The Hall–Kier alpha value is -0.920. The first-order valence-corrected chi connectivity index (χ1v) is 8.61. The van der Waals surface area contributed by atoms with Crippen LogP contribution in [0, 0.1) is 0 Å². The van der Waals surface area contributed by atoms with Gasteiger partial charge in [0.15, 0.2) is 9.84 Å². The number of aromatic nitrogens is 2. The van der Waals surface area contributed by atoms with Gasteiger partial charge in [-0.3, -0.25) is 9.58 Å². The van der Waals surface area contributed by atoms with Crippen molar-refractivity contribution in [1.82, 2.24) is 14.7 Å². The standard InChI is InChI=1S/C13H21N3O3S/c1-9-7-16-12(8-15(9)2)13(6-14-16)20(18,19)11-4-3-10(17)5-11/h6,9-11,17H,3-5,7-8H2,1-2H3/t9-,10?,11?/m0/s1. The number of aliphatic hydroxyl groups is 1. The molecule has 0 radical (unpaired) electrons. The third-order valence-corrected chi connectivity index (χ3v) is 6.86. The molecule has 0 bridgehead atoms. The highest BCUT2D eigenvalue weighted by atomic mass is 32.2. The Labute approximate surface area is 119 Å². The van der Waals surface area contributed by atoms with Crippen LogP contribution in [0.1, 0.15) is 31.9 Å². The molecule has 2 heterocycles. The molecule has 2 aliphatic rings. The summed E-state index contributed by atoms with van der Waals surface area (Å²) in [5.41, 5.74) is 0.784. The Morgan fingerprint density at radius 1 is 1.40 bits per heavy atom. The van der Waals surface area contributed by atoms with Gasteiger partial charge in [0.2, 0.25) is 0 Å². The zero-order valence-corrected chi connectivity index (χ0v) is 12.7. The number of hydrogen-bond donors (Lipinski definition) is 1. The van der Waals surface area contributed by atoms with Crippen molar-refractivity contribution >= 4 is 9.84 Å². The molecule has 1 N–H and O–H groups in total. The maximum Gasteiger partial charge on any atom is 0.184 e. The number of likely N-dealkylation sites (N-methyl/N-ethyl adjacent to an activating group) is 1. The summed E-state index contributed by atoms with van der Waals surface area (Å²) < 4.78 is 27.2. The lowest BCUT2D eigenvalue weighted by Crippen LogP contribution is -2.39. The second-order valence-corrected chi connectivity index (χ2v) is 8.23. The molecular formula is C13H21N3O3S. The van der Waals surface area contributed by atoms with Gasteiger partial charge in [0, 0.05) is 12.6 Å². The van der Waals surface area contributed by atoms with Crippen LogP contribution in [0.4, 0.5) is 0 Å². The number of fused-ring (bicyclic) bond motifs is 1. The first-order valence-electron chi connectivity index (χ1n) is 7.06. The quantitative estimate of drug-likeness (QED) is 0.856. The van der Waals surface area contributed by atoms with Crippen molar-refractivity contribution in [2.24, 2.45) is 0 Å². The molecule has 6 nitrogen and oxygen atoms in total. The lowest BCUT2D eigenvalue weighted by atomic mass is 10.2. The van der Waals surface area contributed by atoms with Crippen molar-refractivity contribution in [3.05, 3.63) is 11.9 Å². The minimum absolute atomic E-state index is 0.346. The van der Waals surface area contributed by atoms with Gasteiger partial charge in [-0.2, -0.15) is 5.10 Å².